The number of carbonyl (C=O) groups excluding carboxylic acids is 2. The highest BCUT2D eigenvalue weighted by molar-refractivity contribution is 5.86. The highest BCUT2D eigenvalue weighted by Gasteiger charge is 2.13. The Labute approximate surface area is 173 Å². The van der Waals surface area contributed by atoms with Crippen LogP contribution in [0.1, 0.15) is 11.1 Å². The zero-order valence-electron chi connectivity index (χ0n) is 16.5. The minimum atomic E-state index is -0.621. The smallest absolute Gasteiger partial charge is 0.234 e. The molecule has 8 nitrogen and oxygen atoms in total. The van der Waals surface area contributed by atoms with Gasteiger partial charge in [-0.2, -0.15) is 0 Å². The molecular weight excluding hydrogens is 380 g/mol. The summed E-state index contributed by atoms with van der Waals surface area (Å²) in [5, 5.41) is 2.18. The van der Waals surface area contributed by atoms with Crippen LogP contribution in [0.5, 0.6) is 0 Å². The Bertz CT molecular complexity index is 1070. The lowest BCUT2D eigenvalue weighted by Gasteiger charge is -2.05. The molecule has 0 saturated carbocycles. The van der Waals surface area contributed by atoms with Gasteiger partial charge in [0.2, 0.25) is 11.8 Å². The van der Waals surface area contributed by atoms with Crippen LogP contribution in [0.15, 0.2) is 60.9 Å². The number of fused-ring (bicyclic) bond motifs is 2. The maximum Gasteiger partial charge on any atom is 0.234 e. The van der Waals surface area contributed by atoms with E-state index in [2.05, 4.69) is 9.97 Å². The van der Waals surface area contributed by atoms with E-state index in [1.54, 1.807) is 0 Å². The van der Waals surface area contributed by atoms with Crippen molar-refractivity contribution in [1.29, 1.82) is 0 Å². The van der Waals surface area contributed by atoms with E-state index in [0.29, 0.717) is 12.8 Å². The topological polar surface area (TPSA) is 170 Å². The van der Waals surface area contributed by atoms with Crippen LogP contribution in [-0.2, 0) is 22.4 Å². The average Bonchev–Trinajstić information content (AvgIpc) is 3.33. The van der Waals surface area contributed by atoms with Gasteiger partial charge in [-0.15, -0.1) is 0 Å². The summed E-state index contributed by atoms with van der Waals surface area (Å²) >= 11 is 0. The van der Waals surface area contributed by atoms with E-state index in [1.165, 1.54) is 0 Å². The van der Waals surface area contributed by atoms with Gasteiger partial charge in [0.15, 0.2) is 0 Å². The average molecular weight is 406 g/mol. The molecule has 2 aromatic heterocycles. The molecule has 0 saturated heterocycles. The van der Waals surface area contributed by atoms with Gasteiger partial charge < -0.3 is 32.9 Å². The zero-order valence-corrected chi connectivity index (χ0v) is 16.5. The second kappa shape index (κ2) is 9.25. The summed E-state index contributed by atoms with van der Waals surface area (Å²) in [5.41, 5.74) is 25.6. The molecule has 0 aliphatic carbocycles. The van der Waals surface area contributed by atoms with E-state index in [1.807, 2.05) is 60.9 Å². The summed E-state index contributed by atoms with van der Waals surface area (Å²) in [4.78, 5) is 27.9. The molecule has 1 unspecified atom stereocenters. The van der Waals surface area contributed by atoms with Gasteiger partial charge in [-0.05, 0) is 36.1 Å². The van der Waals surface area contributed by atoms with E-state index in [9.17, 15) is 9.59 Å². The molecule has 0 bridgehead atoms. The van der Waals surface area contributed by atoms with E-state index in [4.69, 9.17) is 22.9 Å². The summed E-state index contributed by atoms with van der Waals surface area (Å²) in [7, 11) is 0. The summed E-state index contributed by atoms with van der Waals surface area (Å²) in [5.74, 6) is -0.944. The normalized spacial score (nSPS) is 12.9. The van der Waals surface area contributed by atoms with Gasteiger partial charge in [0.1, 0.15) is 0 Å². The maximum atomic E-state index is 10.8. The Kier molecular flexibility index (Phi) is 6.51. The van der Waals surface area contributed by atoms with Crippen molar-refractivity contribution in [3.05, 3.63) is 72.1 Å². The molecule has 30 heavy (non-hydrogen) atoms. The van der Waals surface area contributed by atoms with Crippen molar-refractivity contribution in [3.63, 3.8) is 0 Å². The molecule has 156 valence electrons. The molecule has 2 atom stereocenters. The van der Waals surface area contributed by atoms with Crippen molar-refractivity contribution in [2.24, 2.45) is 22.9 Å². The fourth-order valence-electron chi connectivity index (χ4n) is 3.28. The van der Waals surface area contributed by atoms with Gasteiger partial charge in [0.05, 0.1) is 12.1 Å². The van der Waals surface area contributed by atoms with Crippen molar-refractivity contribution in [2.45, 2.75) is 24.9 Å². The Morgan fingerprint density at radius 2 is 1.07 bits per heavy atom. The first-order chi connectivity index (χ1) is 14.4. The number of nitrogens with one attached hydrogen (secondary N) is 2. The first-order valence-electron chi connectivity index (χ1n) is 9.56. The highest BCUT2D eigenvalue weighted by Crippen LogP contribution is 2.19. The van der Waals surface area contributed by atoms with Crippen LogP contribution in [0.25, 0.3) is 21.8 Å². The number of para-hydroxylation sites is 2. The van der Waals surface area contributed by atoms with Gasteiger partial charge >= 0.3 is 0 Å². The molecule has 0 spiro atoms. The van der Waals surface area contributed by atoms with Crippen molar-refractivity contribution in [3.8, 4) is 0 Å². The Balaban J connectivity index is 0.000000171. The Morgan fingerprint density at radius 3 is 1.43 bits per heavy atom. The van der Waals surface area contributed by atoms with Gasteiger partial charge in [-0.3, -0.25) is 9.59 Å². The Hall–Kier alpha value is -3.62. The fraction of sp³-hybridized carbons (Fsp3) is 0.182. The zero-order chi connectivity index (χ0) is 21.7. The van der Waals surface area contributed by atoms with Crippen molar-refractivity contribution < 1.29 is 9.59 Å². The number of amides is 2. The minimum Gasteiger partial charge on any atom is -0.368 e. The summed E-state index contributed by atoms with van der Waals surface area (Å²) in [6.45, 7) is 0. The summed E-state index contributed by atoms with van der Waals surface area (Å²) < 4.78 is 0. The molecule has 0 fully saturated rings. The molecule has 0 aliphatic heterocycles. The lowest BCUT2D eigenvalue weighted by Crippen LogP contribution is -2.38. The lowest BCUT2D eigenvalue weighted by atomic mass is 10.1. The van der Waals surface area contributed by atoms with Crippen LogP contribution >= 0.6 is 0 Å². The third-order valence-corrected chi connectivity index (χ3v) is 4.96. The van der Waals surface area contributed by atoms with E-state index >= 15 is 0 Å². The second-order valence-corrected chi connectivity index (χ2v) is 7.14. The van der Waals surface area contributed by atoms with Crippen LogP contribution in [0, 0.1) is 0 Å². The van der Waals surface area contributed by atoms with Crippen molar-refractivity contribution >= 4 is 33.6 Å². The monoisotopic (exact) mass is 406 g/mol. The minimum absolute atomic E-state index is 0.472. The SMILES string of the molecule is NC(=O)C(N)Cc1c[nH]c2ccccc12.NC(=O)[C@@H](N)Cc1c[nH]c2ccccc12. The first kappa shape index (κ1) is 21.1. The molecule has 8 heteroatoms. The first-order valence-corrected chi connectivity index (χ1v) is 9.56. The molecule has 0 radical (unpaired) electrons. The highest BCUT2D eigenvalue weighted by atomic mass is 16.1. The number of primary amides is 2. The van der Waals surface area contributed by atoms with Gasteiger partial charge in [-0.25, -0.2) is 0 Å². The molecular formula is C22H26N6O2. The number of H-pyrrole nitrogens is 2. The quantitative estimate of drug-likeness (QED) is 0.281. The van der Waals surface area contributed by atoms with Crippen molar-refractivity contribution in [2.75, 3.05) is 0 Å². The van der Waals surface area contributed by atoms with Gasteiger partial charge in [-0.1, -0.05) is 36.4 Å². The summed E-state index contributed by atoms with van der Waals surface area (Å²) in [6, 6.07) is 14.5. The number of rotatable bonds is 6. The predicted molar refractivity (Wildman–Crippen MR) is 118 cm³/mol. The van der Waals surface area contributed by atoms with Crippen LogP contribution in [0.3, 0.4) is 0 Å². The number of aromatic nitrogens is 2. The summed E-state index contributed by atoms with van der Waals surface area (Å²) in [6.07, 6.45) is 4.68. The molecule has 0 aliphatic rings. The number of benzene rings is 2. The van der Waals surface area contributed by atoms with Crippen LogP contribution in [0.2, 0.25) is 0 Å². The molecule has 2 aromatic carbocycles. The molecule has 2 heterocycles. The Morgan fingerprint density at radius 1 is 0.700 bits per heavy atom. The van der Waals surface area contributed by atoms with E-state index < -0.39 is 23.9 Å². The van der Waals surface area contributed by atoms with Crippen LogP contribution < -0.4 is 22.9 Å². The largest absolute Gasteiger partial charge is 0.368 e. The molecule has 4 aromatic rings. The third kappa shape index (κ3) is 4.86. The standard InChI is InChI=1S/2C11H13N3O/c2*12-9(11(13)15)5-7-6-14-10-4-2-1-3-8(7)10/h2*1-4,6,9,14H,5,12H2,(H2,13,15)/t9-;/m0./s1. The van der Waals surface area contributed by atoms with Crippen molar-refractivity contribution in [1.82, 2.24) is 9.97 Å². The third-order valence-electron chi connectivity index (χ3n) is 4.96. The fourth-order valence-corrected chi connectivity index (χ4v) is 3.28. The van der Waals surface area contributed by atoms with E-state index in [-0.39, 0.29) is 0 Å². The predicted octanol–water partition coefficient (Wildman–Crippen LogP) is 1.05. The number of hydrogen-bond acceptors (Lipinski definition) is 4. The molecule has 10 N–H and O–H groups in total. The molecule has 2 amide bonds. The van der Waals surface area contributed by atoms with Gasteiger partial charge in [0.25, 0.3) is 0 Å². The van der Waals surface area contributed by atoms with E-state index in [0.717, 1.165) is 32.9 Å². The van der Waals surface area contributed by atoms with Crippen LogP contribution in [-0.4, -0.2) is 33.9 Å². The molecule has 4 rings (SSSR count). The number of hydrogen-bond donors (Lipinski definition) is 6. The maximum absolute atomic E-state index is 10.8. The van der Waals surface area contributed by atoms with Crippen LogP contribution in [0.4, 0.5) is 0 Å². The lowest BCUT2D eigenvalue weighted by molar-refractivity contribution is -0.120. The van der Waals surface area contributed by atoms with Gasteiger partial charge in [0, 0.05) is 34.2 Å². The number of aromatic amines is 2. The number of nitrogens with two attached hydrogens (primary N) is 4. The number of carbonyl (C=O) groups is 2. The second-order valence-electron chi connectivity index (χ2n) is 7.14.